The van der Waals surface area contributed by atoms with Gasteiger partial charge in [-0.15, -0.1) is 0 Å². The lowest BCUT2D eigenvalue weighted by molar-refractivity contribution is -0.120. The van der Waals surface area contributed by atoms with Crippen LogP contribution in [0.4, 0.5) is 5.69 Å². The molecule has 24 heavy (non-hydrogen) atoms. The molecular weight excluding hydrogens is 304 g/mol. The van der Waals surface area contributed by atoms with Crippen LogP contribution in [0.2, 0.25) is 0 Å². The van der Waals surface area contributed by atoms with E-state index in [0.717, 1.165) is 16.6 Å². The summed E-state index contributed by atoms with van der Waals surface area (Å²) < 4.78 is 5.35. The minimum atomic E-state index is -0.450. The van der Waals surface area contributed by atoms with Crippen molar-refractivity contribution >= 4 is 22.6 Å². The predicted molar refractivity (Wildman–Crippen MR) is 102 cm³/mol. The van der Waals surface area contributed by atoms with Gasteiger partial charge in [-0.25, -0.2) is 4.79 Å². The summed E-state index contributed by atoms with van der Waals surface area (Å²) in [5, 5.41) is 3.37. The van der Waals surface area contributed by atoms with Gasteiger partial charge in [0, 0.05) is 38.3 Å². The van der Waals surface area contributed by atoms with Crippen molar-refractivity contribution < 1.29 is 9.21 Å². The fourth-order valence-electron chi connectivity index (χ4n) is 2.11. The van der Waals surface area contributed by atoms with Gasteiger partial charge in [0.2, 0.25) is 5.91 Å². The monoisotopic (exact) mass is 334 g/mol. The van der Waals surface area contributed by atoms with Gasteiger partial charge in [-0.3, -0.25) is 4.79 Å². The van der Waals surface area contributed by atoms with E-state index in [0.29, 0.717) is 11.1 Å². The van der Waals surface area contributed by atoms with Crippen LogP contribution in [0.15, 0.2) is 27.4 Å². The normalized spacial score (nSPS) is 9.33. The fourth-order valence-corrected chi connectivity index (χ4v) is 2.11. The van der Waals surface area contributed by atoms with Crippen molar-refractivity contribution in [3.8, 4) is 0 Å². The molecule has 1 heterocycles. The molecule has 0 aliphatic heterocycles. The number of nitrogens with one attached hydrogen (secondary N) is 1. The molecular formula is C19H30N2O3. The van der Waals surface area contributed by atoms with Gasteiger partial charge in [0.25, 0.3) is 0 Å². The Bertz CT molecular complexity index is 718. The smallest absolute Gasteiger partial charge is 0.340 e. The highest BCUT2D eigenvalue weighted by molar-refractivity contribution is 5.86. The van der Waals surface area contributed by atoms with E-state index in [9.17, 15) is 9.59 Å². The standard InChI is InChI=1S/C15H18N2O3.2C2H6/c1-9-11-6-5-10(17(3)4)7-13(11)20-15(19)12(9)8-14(18)16-2;2*1-2/h5-7H,8H2,1-4H3,(H,16,18);2*1-2H3. The lowest BCUT2D eigenvalue weighted by atomic mass is 10.0. The van der Waals surface area contributed by atoms with Gasteiger partial charge in [0.15, 0.2) is 0 Å². The maximum Gasteiger partial charge on any atom is 0.340 e. The van der Waals surface area contributed by atoms with Crippen molar-refractivity contribution in [2.45, 2.75) is 41.0 Å². The van der Waals surface area contributed by atoms with Crippen LogP contribution in [0.25, 0.3) is 11.0 Å². The Labute approximate surface area is 144 Å². The van der Waals surface area contributed by atoms with E-state index in [1.54, 1.807) is 7.05 Å². The average molecular weight is 334 g/mol. The minimum Gasteiger partial charge on any atom is -0.422 e. The van der Waals surface area contributed by atoms with Gasteiger partial charge in [0.1, 0.15) is 5.58 Å². The highest BCUT2D eigenvalue weighted by Crippen LogP contribution is 2.24. The van der Waals surface area contributed by atoms with E-state index in [-0.39, 0.29) is 12.3 Å². The summed E-state index contributed by atoms with van der Waals surface area (Å²) in [5.41, 5.74) is 2.26. The summed E-state index contributed by atoms with van der Waals surface area (Å²) >= 11 is 0. The van der Waals surface area contributed by atoms with Gasteiger partial charge in [-0.2, -0.15) is 0 Å². The highest BCUT2D eigenvalue weighted by Gasteiger charge is 2.14. The predicted octanol–water partition coefficient (Wildman–Crippen LogP) is 3.51. The Morgan fingerprint density at radius 2 is 1.75 bits per heavy atom. The zero-order valence-electron chi connectivity index (χ0n) is 16.1. The lowest BCUT2D eigenvalue weighted by Crippen LogP contribution is -2.24. The zero-order chi connectivity index (χ0) is 18.9. The molecule has 0 saturated carbocycles. The number of benzene rings is 1. The second kappa shape index (κ2) is 10.5. The molecule has 0 saturated heterocycles. The molecule has 0 atom stereocenters. The molecule has 0 aliphatic rings. The summed E-state index contributed by atoms with van der Waals surface area (Å²) in [6.07, 6.45) is 0.0377. The third-order valence-corrected chi connectivity index (χ3v) is 3.40. The first-order valence-electron chi connectivity index (χ1n) is 8.38. The lowest BCUT2D eigenvalue weighted by Gasteiger charge is -2.13. The third-order valence-electron chi connectivity index (χ3n) is 3.40. The van der Waals surface area contributed by atoms with E-state index in [2.05, 4.69) is 5.32 Å². The average Bonchev–Trinajstić information content (AvgIpc) is 2.61. The quantitative estimate of drug-likeness (QED) is 0.873. The molecule has 0 radical (unpaired) electrons. The Morgan fingerprint density at radius 1 is 1.17 bits per heavy atom. The Balaban J connectivity index is 0.00000123. The zero-order valence-corrected chi connectivity index (χ0v) is 16.1. The second-order valence-corrected chi connectivity index (χ2v) is 4.92. The van der Waals surface area contributed by atoms with E-state index in [1.165, 1.54) is 0 Å². The second-order valence-electron chi connectivity index (χ2n) is 4.92. The van der Waals surface area contributed by atoms with E-state index < -0.39 is 5.63 Å². The van der Waals surface area contributed by atoms with Gasteiger partial charge < -0.3 is 14.6 Å². The third kappa shape index (κ3) is 5.11. The molecule has 0 unspecified atom stereocenters. The van der Waals surface area contributed by atoms with Gasteiger partial charge in [0.05, 0.1) is 12.0 Å². The number of rotatable bonds is 3. The molecule has 0 fully saturated rings. The minimum absolute atomic E-state index is 0.0377. The van der Waals surface area contributed by atoms with Crippen LogP contribution in [0.5, 0.6) is 0 Å². The molecule has 2 aromatic rings. The first-order chi connectivity index (χ1) is 11.4. The topological polar surface area (TPSA) is 62.6 Å². The van der Waals surface area contributed by atoms with E-state index in [1.807, 2.05) is 71.8 Å². The number of hydrogen-bond acceptors (Lipinski definition) is 4. The molecule has 5 heteroatoms. The van der Waals surface area contributed by atoms with Gasteiger partial charge in [-0.1, -0.05) is 27.7 Å². The number of hydrogen-bond donors (Lipinski definition) is 1. The van der Waals surface area contributed by atoms with Crippen LogP contribution in [0.3, 0.4) is 0 Å². The Morgan fingerprint density at radius 3 is 2.25 bits per heavy atom. The van der Waals surface area contributed by atoms with Crippen LogP contribution in [0.1, 0.15) is 38.8 Å². The first kappa shape index (κ1) is 21.7. The van der Waals surface area contributed by atoms with Crippen LogP contribution >= 0.6 is 0 Å². The van der Waals surface area contributed by atoms with Crippen molar-refractivity contribution in [1.82, 2.24) is 5.32 Å². The molecule has 1 aromatic carbocycles. The summed E-state index contributed by atoms with van der Waals surface area (Å²) in [6, 6.07) is 5.70. The number of aryl methyl sites for hydroxylation is 1. The Kier molecular flexibility index (Phi) is 9.47. The number of carbonyl (C=O) groups excluding carboxylic acids is 1. The molecule has 5 nitrogen and oxygen atoms in total. The summed E-state index contributed by atoms with van der Waals surface area (Å²) in [6.45, 7) is 9.84. The maximum absolute atomic E-state index is 12.0. The first-order valence-corrected chi connectivity index (χ1v) is 8.38. The SMILES string of the molecule is CC.CC.CNC(=O)Cc1c(C)c2ccc(N(C)C)cc2oc1=O. The Hall–Kier alpha value is -2.30. The van der Waals surface area contributed by atoms with E-state index in [4.69, 9.17) is 4.42 Å². The van der Waals surface area contributed by atoms with Crippen molar-refractivity contribution in [3.63, 3.8) is 0 Å². The van der Waals surface area contributed by atoms with Gasteiger partial charge in [-0.05, 0) is 24.6 Å². The van der Waals surface area contributed by atoms with Crippen LogP contribution in [-0.4, -0.2) is 27.1 Å². The van der Waals surface area contributed by atoms with Crippen molar-refractivity contribution in [3.05, 3.63) is 39.7 Å². The maximum atomic E-state index is 12.0. The van der Waals surface area contributed by atoms with Crippen LogP contribution < -0.4 is 15.8 Å². The summed E-state index contributed by atoms with van der Waals surface area (Å²) in [7, 11) is 5.39. The van der Waals surface area contributed by atoms with Crippen LogP contribution in [-0.2, 0) is 11.2 Å². The number of nitrogens with zero attached hydrogens (tertiary/aromatic N) is 1. The summed E-state index contributed by atoms with van der Waals surface area (Å²) in [4.78, 5) is 25.4. The summed E-state index contributed by atoms with van der Waals surface area (Å²) in [5.74, 6) is -0.204. The number of amides is 1. The molecule has 134 valence electrons. The highest BCUT2D eigenvalue weighted by atomic mass is 16.4. The number of fused-ring (bicyclic) bond motifs is 1. The van der Waals surface area contributed by atoms with Crippen molar-refractivity contribution in [2.75, 3.05) is 26.0 Å². The molecule has 1 amide bonds. The number of anilines is 1. The molecule has 0 aliphatic carbocycles. The van der Waals surface area contributed by atoms with Crippen molar-refractivity contribution in [2.24, 2.45) is 0 Å². The molecule has 0 bridgehead atoms. The number of carbonyl (C=O) groups is 1. The van der Waals surface area contributed by atoms with Gasteiger partial charge >= 0.3 is 5.63 Å². The van der Waals surface area contributed by atoms with Crippen molar-refractivity contribution in [1.29, 1.82) is 0 Å². The molecule has 1 N–H and O–H groups in total. The van der Waals surface area contributed by atoms with Crippen LogP contribution in [0, 0.1) is 6.92 Å². The number of likely N-dealkylation sites (N-methyl/N-ethyl adjacent to an activating group) is 1. The van der Waals surface area contributed by atoms with E-state index >= 15 is 0 Å². The molecule has 0 spiro atoms. The largest absolute Gasteiger partial charge is 0.422 e. The fraction of sp³-hybridized carbons (Fsp3) is 0.474. The molecule has 1 aromatic heterocycles. The molecule has 2 rings (SSSR count).